The first-order chi connectivity index (χ1) is 12.6. The third-order valence-corrected chi connectivity index (χ3v) is 5.07. The van der Waals surface area contributed by atoms with Gasteiger partial charge in [0.05, 0.1) is 13.5 Å². The van der Waals surface area contributed by atoms with Crippen molar-refractivity contribution >= 4 is 17.8 Å². The average Bonchev–Trinajstić information content (AvgIpc) is 2.59. The van der Waals surface area contributed by atoms with Crippen LogP contribution in [0.5, 0.6) is 0 Å². The highest BCUT2D eigenvalue weighted by Crippen LogP contribution is 2.27. The summed E-state index contributed by atoms with van der Waals surface area (Å²) < 4.78 is 4.82. The summed E-state index contributed by atoms with van der Waals surface area (Å²) in [7, 11) is 1.30. The van der Waals surface area contributed by atoms with E-state index < -0.39 is 29.9 Å². The third kappa shape index (κ3) is 9.75. The standard InChI is InChI=1S/C20H36N2O5/c1-20(2,3)10-11-21-15(18(24)25)13-17(23)22-16(19(26)27-4)12-14-8-6-5-7-9-14/h14-16,21H,5-13H2,1-4H3,(H,22,23)(H,24,25)/t15-,16-/m0/s1. The predicted molar refractivity (Wildman–Crippen MR) is 103 cm³/mol. The summed E-state index contributed by atoms with van der Waals surface area (Å²) in [6.45, 7) is 6.73. The number of ether oxygens (including phenoxy) is 1. The molecule has 0 heterocycles. The Kier molecular flexibility index (Phi) is 9.77. The molecule has 0 aromatic carbocycles. The van der Waals surface area contributed by atoms with Gasteiger partial charge in [-0.1, -0.05) is 52.9 Å². The molecule has 3 N–H and O–H groups in total. The monoisotopic (exact) mass is 384 g/mol. The Hall–Kier alpha value is -1.63. The summed E-state index contributed by atoms with van der Waals surface area (Å²) in [4.78, 5) is 35.9. The molecule has 1 fully saturated rings. The molecule has 0 spiro atoms. The summed E-state index contributed by atoms with van der Waals surface area (Å²) in [5.74, 6) is -1.59. The number of carboxylic acids is 1. The highest BCUT2D eigenvalue weighted by atomic mass is 16.5. The second kappa shape index (κ2) is 11.3. The molecule has 0 aromatic rings. The molecule has 0 aromatic heterocycles. The van der Waals surface area contributed by atoms with Gasteiger partial charge in [0, 0.05) is 0 Å². The van der Waals surface area contributed by atoms with Crippen LogP contribution in [0.15, 0.2) is 0 Å². The van der Waals surface area contributed by atoms with Gasteiger partial charge in [-0.2, -0.15) is 0 Å². The first-order valence-electron chi connectivity index (χ1n) is 9.95. The molecule has 156 valence electrons. The minimum atomic E-state index is -1.07. The second-order valence-corrected chi connectivity index (χ2v) is 8.74. The topological polar surface area (TPSA) is 105 Å². The van der Waals surface area contributed by atoms with Gasteiger partial charge in [-0.15, -0.1) is 0 Å². The molecule has 2 atom stereocenters. The molecule has 0 aliphatic heterocycles. The number of carboxylic acid groups (broad SMARTS) is 1. The lowest BCUT2D eigenvalue weighted by Crippen LogP contribution is -2.47. The molecular formula is C20H36N2O5. The number of rotatable bonds is 10. The van der Waals surface area contributed by atoms with Crippen LogP contribution in [-0.2, 0) is 19.1 Å². The number of hydrogen-bond acceptors (Lipinski definition) is 5. The molecule has 1 amide bonds. The Bertz CT molecular complexity index is 495. The molecule has 0 bridgehead atoms. The van der Waals surface area contributed by atoms with Crippen LogP contribution >= 0.6 is 0 Å². The molecule has 1 saturated carbocycles. The van der Waals surface area contributed by atoms with Crippen LogP contribution in [0, 0.1) is 11.3 Å². The number of methoxy groups -OCH3 is 1. The van der Waals surface area contributed by atoms with Gasteiger partial charge in [-0.3, -0.25) is 9.59 Å². The van der Waals surface area contributed by atoms with Gasteiger partial charge in [0.2, 0.25) is 5.91 Å². The zero-order chi connectivity index (χ0) is 20.4. The second-order valence-electron chi connectivity index (χ2n) is 8.74. The van der Waals surface area contributed by atoms with E-state index in [1.807, 2.05) is 0 Å². The van der Waals surface area contributed by atoms with Crippen LogP contribution in [0.1, 0.15) is 72.1 Å². The van der Waals surface area contributed by atoms with Gasteiger partial charge in [-0.25, -0.2) is 4.79 Å². The van der Waals surface area contributed by atoms with Crippen molar-refractivity contribution in [2.24, 2.45) is 11.3 Å². The molecule has 1 aliphatic carbocycles. The molecule has 7 heteroatoms. The van der Waals surface area contributed by atoms with E-state index in [-0.39, 0.29) is 11.8 Å². The quantitative estimate of drug-likeness (QED) is 0.500. The van der Waals surface area contributed by atoms with Crippen molar-refractivity contribution in [1.29, 1.82) is 0 Å². The fourth-order valence-electron chi connectivity index (χ4n) is 3.42. The lowest BCUT2D eigenvalue weighted by Gasteiger charge is -2.26. The molecular weight excluding hydrogens is 348 g/mol. The summed E-state index contributed by atoms with van der Waals surface area (Å²) in [6, 6.07) is -1.69. The third-order valence-electron chi connectivity index (χ3n) is 5.07. The molecule has 1 aliphatic rings. The Morgan fingerprint density at radius 1 is 1.11 bits per heavy atom. The number of aliphatic carboxylic acids is 1. The zero-order valence-electron chi connectivity index (χ0n) is 17.2. The maximum atomic E-state index is 12.4. The van der Waals surface area contributed by atoms with E-state index >= 15 is 0 Å². The van der Waals surface area contributed by atoms with E-state index in [1.165, 1.54) is 13.5 Å². The van der Waals surface area contributed by atoms with Gasteiger partial charge in [-0.05, 0) is 30.7 Å². The number of carbonyl (C=O) groups excluding carboxylic acids is 2. The highest BCUT2D eigenvalue weighted by molar-refractivity contribution is 5.88. The van der Waals surface area contributed by atoms with Crippen molar-refractivity contribution < 1.29 is 24.2 Å². The Balaban J connectivity index is 2.58. The van der Waals surface area contributed by atoms with E-state index in [0.29, 0.717) is 18.9 Å². The van der Waals surface area contributed by atoms with Crippen LogP contribution < -0.4 is 10.6 Å². The Morgan fingerprint density at radius 3 is 2.26 bits per heavy atom. The Morgan fingerprint density at radius 2 is 1.74 bits per heavy atom. The number of hydrogen-bond donors (Lipinski definition) is 3. The summed E-state index contributed by atoms with van der Waals surface area (Å²) in [5.41, 5.74) is 0.0777. The van der Waals surface area contributed by atoms with E-state index in [0.717, 1.165) is 32.1 Å². The number of carbonyl (C=O) groups is 3. The molecule has 1 rings (SSSR count). The average molecular weight is 385 g/mol. The van der Waals surface area contributed by atoms with Crippen molar-refractivity contribution in [3.8, 4) is 0 Å². The smallest absolute Gasteiger partial charge is 0.328 e. The summed E-state index contributed by atoms with van der Waals surface area (Å²) in [6.07, 6.45) is 6.74. The van der Waals surface area contributed by atoms with Crippen LogP contribution in [0.4, 0.5) is 0 Å². The number of nitrogens with one attached hydrogen (secondary N) is 2. The SMILES string of the molecule is COC(=O)[C@H](CC1CCCCC1)NC(=O)C[C@H](NCCC(C)(C)C)C(=O)O. The number of amides is 1. The molecule has 27 heavy (non-hydrogen) atoms. The van der Waals surface area contributed by atoms with Gasteiger partial charge < -0.3 is 20.5 Å². The lowest BCUT2D eigenvalue weighted by molar-refractivity contribution is -0.146. The van der Waals surface area contributed by atoms with Crippen molar-refractivity contribution in [3.05, 3.63) is 0 Å². The van der Waals surface area contributed by atoms with Crippen molar-refractivity contribution in [2.45, 2.75) is 84.2 Å². The van der Waals surface area contributed by atoms with Crippen LogP contribution in [-0.4, -0.2) is 48.7 Å². The first-order valence-corrected chi connectivity index (χ1v) is 9.95. The van der Waals surface area contributed by atoms with Crippen LogP contribution in [0.3, 0.4) is 0 Å². The molecule has 0 saturated heterocycles. The fraction of sp³-hybridized carbons (Fsp3) is 0.850. The van der Waals surface area contributed by atoms with Crippen molar-refractivity contribution in [1.82, 2.24) is 10.6 Å². The zero-order valence-corrected chi connectivity index (χ0v) is 17.2. The number of esters is 1. The normalized spacial score (nSPS) is 17.8. The van der Waals surface area contributed by atoms with Crippen LogP contribution in [0.2, 0.25) is 0 Å². The molecule has 0 radical (unpaired) electrons. The van der Waals surface area contributed by atoms with Gasteiger partial charge in [0.25, 0.3) is 0 Å². The van der Waals surface area contributed by atoms with Crippen LogP contribution in [0.25, 0.3) is 0 Å². The van der Waals surface area contributed by atoms with E-state index in [4.69, 9.17) is 4.74 Å². The maximum Gasteiger partial charge on any atom is 0.328 e. The summed E-state index contributed by atoms with van der Waals surface area (Å²) in [5, 5.41) is 15.0. The minimum absolute atomic E-state index is 0.0777. The van der Waals surface area contributed by atoms with Gasteiger partial charge in [0.15, 0.2) is 0 Å². The predicted octanol–water partition coefficient (Wildman–Crippen LogP) is 2.48. The highest BCUT2D eigenvalue weighted by Gasteiger charge is 2.28. The van der Waals surface area contributed by atoms with Crippen molar-refractivity contribution in [3.63, 3.8) is 0 Å². The molecule has 0 unspecified atom stereocenters. The molecule has 7 nitrogen and oxygen atoms in total. The minimum Gasteiger partial charge on any atom is -0.480 e. The Labute approximate surface area is 162 Å². The first kappa shape index (κ1) is 23.4. The van der Waals surface area contributed by atoms with E-state index in [9.17, 15) is 19.5 Å². The van der Waals surface area contributed by atoms with Gasteiger partial charge >= 0.3 is 11.9 Å². The van der Waals surface area contributed by atoms with Gasteiger partial charge in [0.1, 0.15) is 12.1 Å². The maximum absolute atomic E-state index is 12.4. The van der Waals surface area contributed by atoms with E-state index in [2.05, 4.69) is 31.4 Å². The lowest BCUT2D eigenvalue weighted by atomic mass is 9.85. The van der Waals surface area contributed by atoms with E-state index in [1.54, 1.807) is 0 Å². The van der Waals surface area contributed by atoms with Crippen molar-refractivity contribution in [2.75, 3.05) is 13.7 Å². The largest absolute Gasteiger partial charge is 0.480 e. The fourth-order valence-corrected chi connectivity index (χ4v) is 3.42. The summed E-state index contributed by atoms with van der Waals surface area (Å²) >= 11 is 0.